The number of rotatable bonds is 1. The molecule has 158 valence electrons. The van der Waals surface area contributed by atoms with Crippen molar-refractivity contribution in [1.82, 2.24) is 0 Å². The molecular weight excluding hydrogens is 489 g/mol. The molecule has 31 heavy (non-hydrogen) atoms. The summed E-state index contributed by atoms with van der Waals surface area (Å²) >= 11 is 9.42. The monoisotopic (exact) mass is 504 g/mol. The van der Waals surface area contributed by atoms with Crippen LogP contribution in [0.25, 0.3) is 0 Å². The molecule has 6 nitrogen and oxygen atoms in total. The van der Waals surface area contributed by atoms with Crippen LogP contribution in [0.3, 0.4) is 0 Å². The molecule has 3 fully saturated rings. The van der Waals surface area contributed by atoms with Gasteiger partial charge in [0.05, 0.1) is 22.9 Å². The lowest BCUT2D eigenvalue weighted by Gasteiger charge is -2.33. The average Bonchev–Trinajstić information content (AvgIpc) is 3.43. The molecule has 3 saturated heterocycles. The topological polar surface area (TPSA) is 70.9 Å². The number of anilines is 2. The van der Waals surface area contributed by atoms with Crippen LogP contribution in [0, 0.1) is 17.7 Å². The van der Waals surface area contributed by atoms with E-state index in [9.17, 15) is 18.8 Å². The Morgan fingerprint density at radius 1 is 1.16 bits per heavy atom. The van der Waals surface area contributed by atoms with Crippen molar-refractivity contribution < 1.29 is 23.7 Å². The Morgan fingerprint density at radius 2 is 1.97 bits per heavy atom. The molecule has 0 bridgehead atoms. The Hall–Kier alpha value is -2.29. The highest BCUT2D eigenvalue weighted by Gasteiger charge is 2.78. The molecule has 0 aliphatic carbocycles. The average molecular weight is 506 g/mol. The van der Waals surface area contributed by atoms with Gasteiger partial charge >= 0.3 is 0 Å². The van der Waals surface area contributed by atoms with Gasteiger partial charge in [-0.1, -0.05) is 27.5 Å². The number of carbonyl (C=O) groups is 3. The van der Waals surface area contributed by atoms with Crippen molar-refractivity contribution in [3.8, 4) is 0 Å². The summed E-state index contributed by atoms with van der Waals surface area (Å²) in [5, 5.41) is 2.79. The normalized spacial score (nSPS) is 33.1. The predicted molar refractivity (Wildman–Crippen MR) is 114 cm³/mol. The summed E-state index contributed by atoms with van der Waals surface area (Å²) < 4.78 is 14.5. The molecule has 4 aliphatic heterocycles. The minimum atomic E-state index is -1.16. The Balaban J connectivity index is 1.56. The lowest BCUT2D eigenvalue weighted by molar-refractivity contribution is -0.948. The summed E-state index contributed by atoms with van der Waals surface area (Å²) in [5.41, 5.74) is 0.506. The second-order valence-corrected chi connectivity index (χ2v) is 9.91. The van der Waals surface area contributed by atoms with Gasteiger partial charge in [-0.3, -0.25) is 14.4 Å². The summed E-state index contributed by atoms with van der Waals surface area (Å²) in [6.07, 6.45) is 1.65. The maximum absolute atomic E-state index is 13.8. The molecule has 3 amide bonds. The van der Waals surface area contributed by atoms with E-state index in [1.807, 2.05) is 18.2 Å². The standard InChI is InChI=1S/C22H16BrClFN3O3/c23-10-3-6-15-12(8-10)22(21(31)26-15)18-17(16-2-1-7-27(16)22)19(29)28(20(18)30)11-4-5-14(25)13(24)9-11/h3-6,8-9,16-18H,1-2,7H2,(H,26,31)/p+1/t16-,17+,18+,22-/m1/s1. The van der Waals surface area contributed by atoms with E-state index in [0.29, 0.717) is 5.69 Å². The van der Waals surface area contributed by atoms with Crippen LogP contribution in [0.15, 0.2) is 40.9 Å². The van der Waals surface area contributed by atoms with Gasteiger partial charge < -0.3 is 10.2 Å². The summed E-state index contributed by atoms with van der Waals surface area (Å²) in [6.45, 7) is 0.722. The maximum atomic E-state index is 13.8. The number of benzene rings is 2. The lowest BCUT2D eigenvalue weighted by atomic mass is 9.75. The molecule has 5 atom stereocenters. The van der Waals surface area contributed by atoms with Gasteiger partial charge in [0, 0.05) is 22.9 Å². The lowest BCUT2D eigenvalue weighted by Crippen LogP contribution is -3.19. The molecule has 2 aromatic carbocycles. The van der Waals surface area contributed by atoms with Crippen LogP contribution in [0.4, 0.5) is 15.8 Å². The van der Waals surface area contributed by atoms with E-state index in [-0.39, 0.29) is 28.6 Å². The summed E-state index contributed by atoms with van der Waals surface area (Å²) in [4.78, 5) is 43.0. The molecule has 4 heterocycles. The highest BCUT2D eigenvalue weighted by Crippen LogP contribution is 2.52. The van der Waals surface area contributed by atoms with E-state index in [1.165, 1.54) is 12.1 Å². The van der Waals surface area contributed by atoms with Gasteiger partial charge in [-0.15, -0.1) is 0 Å². The number of quaternary nitrogens is 1. The molecule has 6 rings (SSSR count). The quantitative estimate of drug-likeness (QED) is 0.584. The molecule has 0 radical (unpaired) electrons. The van der Waals surface area contributed by atoms with Crippen molar-refractivity contribution in [1.29, 1.82) is 0 Å². The van der Waals surface area contributed by atoms with Crippen molar-refractivity contribution in [3.63, 3.8) is 0 Å². The number of carbonyl (C=O) groups excluding carboxylic acids is 3. The van der Waals surface area contributed by atoms with Crippen LogP contribution in [-0.2, 0) is 19.9 Å². The van der Waals surface area contributed by atoms with Crippen LogP contribution in [0.2, 0.25) is 5.02 Å². The number of fused-ring (bicyclic) bond motifs is 7. The molecule has 0 saturated carbocycles. The van der Waals surface area contributed by atoms with Crippen LogP contribution < -0.4 is 15.1 Å². The predicted octanol–water partition coefficient (Wildman–Crippen LogP) is 2.26. The van der Waals surface area contributed by atoms with E-state index >= 15 is 0 Å². The van der Waals surface area contributed by atoms with E-state index in [0.717, 1.165) is 45.3 Å². The zero-order valence-corrected chi connectivity index (χ0v) is 18.5. The number of hydrogen-bond acceptors (Lipinski definition) is 3. The van der Waals surface area contributed by atoms with Crippen molar-refractivity contribution >= 4 is 56.6 Å². The van der Waals surface area contributed by atoms with Crippen LogP contribution >= 0.6 is 27.5 Å². The number of halogens is 3. The number of nitrogens with one attached hydrogen (secondary N) is 2. The summed E-state index contributed by atoms with van der Waals surface area (Å²) in [6, 6.07) is 9.23. The minimum absolute atomic E-state index is 0.127. The number of amides is 3. The highest BCUT2D eigenvalue weighted by molar-refractivity contribution is 9.10. The second kappa shape index (κ2) is 6.37. The highest BCUT2D eigenvalue weighted by atomic mass is 79.9. The first-order chi connectivity index (χ1) is 14.9. The maximum Gasteiger partial charge on any atom is 0.291 e. The molecule has 0 aromatic heterocycles. The summed E-state index contributed by atoms with van der Waals surface area (Å²) in [7, 11) is 0. The zero-order chi connectivity index (χ0) is 21.7. The Bertz CT molecular complexity index is 1210. The Morgan fingerprint density at radius 3 is 2.74 bits per heavy atom. The zero-order valence-electron chi connectivity index (χ0n) is 16.1. The van der Waals surface area contributed by atoms with Crippen molar-refractivity contribution in [2.24, 2.45) is 11.8 Å². The SMILES string of the molecule is O=C1[C@H]2[C@H]3CCC[NH+]3[C@@]3(C(=O)Nc4ccc(Br)cc43)[C@@H]2C(=O)N1c1ccc(F)c(Cl)c1. The van der Waals surface area contributed by atoms with E-state index in [2.05, 4.69) is 21.2 Å². The number of hydrogen-bond donors (Lipinski definition) is 2. The number of imide groups is 1. The van der Waals surface area contributed by atoms with Gasteiger partial charge in [-0.25, -0.2) is 9.29 Å². The van der Waals surface area contributed by atoms with Crippen LogP contribution in [0.1, 0.15) is 18.4 Å². The van der Waals surface area contributed by atoms with Gasteiger partial charge in [-0.05, 0) is 36.4 Å². The Kier molecular flexibility index (Phi) is 3.99. The van der Waals surface area contributed by atoms with Gasteiger partial charge in [0.1, 0.15) is 23.7 Å². The van der Waals surface area contributed by atoms with Crippen molar-refractivity contribution in [2.75, 3.05) is 16.8 Å². The molecule has 2 aromatic rings. The van der Waals surface area contributed by atoms with Gasteiger partial charge in [0.25, 0.3) is 5.91 Å². The van der Waals surface area contributed by atoms with E-state index in [1.54, 1.807) is 0 Å². The van der Waals surface area contributed by atoms with Crippen LogP contribution in [0.5, 0.6) is 0 Å². The first kappa shape index (κ1) is 19.4. The largest absolute Gasteiger partial charge is 0.320 e. The van der Waals surface area contributed by atoms with Crippen molar-refractivity contribution in [2.45, 2.75) is 24.4 Å². The van der Waals surface area contributed by atoms with Gasteiger partial charge in [0.2, 0.25) is 17.4 Å². The third-order valence-corrected chi connectivity index (χ3v) is 8.12. The fraction of sp³-hybridized carbons (Fsp3) is 0.318. The van der Waals surface area contributed by atoms with Crippen molar-refractivity contribution in [3.05, 3.63) is 57.3 Å². The Labute approximate surface area is 190 Å². The third-order valence-electron chi connectivity index (χ3n) is 7.34. The molecule has 1 unspecified atom stereocenters. The first-order valence-corrected chi connectivity index (χ1v) is 11.3. The van der Waals surface area contributed by atoms with Gasteiger partial charge in [-0.2, -0.15) is 0 Å². The molecule has 9 heteroatoms. The minimum Gasteiger partial charge on any atom is -0.320 e. The third kappa shape index (κ3) is 2.28. The van der Waals surface area contributed by atoms with E-state index in [4.69, 9.17) is 11.6 Å². The summed E-state index contributed by atoms with van der Waals surface area (Å²) in [5.74, 6) is -3.06. The fourth-order valence-electron chi connectivity index (χ4n) is 6.31. The molecular formula is C22H17BrClFN3O3+. The molecule has 1 spiro atoms. The van der Waals surface area contributed by atoms with E-state index < -0.39 is 29.1 Å². The number of nitrogens with zero attached hydrogens (tertiary/aromatic N) is 1. The smallest absolute Gasteiger partial charge is 0.291 e. The molecule has 2 N–H and O–H groups in total. The molecule has 4 aliphatic rings. The second-order valence-electron chi connectivity index (χ2n) is 8.59. The first-order valence-electron chi connectivity index (χ1n) is 10.2. The van der Waals surface area contributed by atoms with Crippen LogP contribution in [-0.4, -0.2) is 30.3 Å². The fourth-order valence-corrected chi connectivity index (χ4v) is 6.85. The van der Waals surface area contributed by atoms with Gasteiger partial charge in [0.15, 0.2) is 0 Å².